The maximum absolute atomic E-state index is 12.8. The molecule has 0 spiro atoms. The van der Waals surface area contributed by atoms with E-state index in [1.54, 1.807) is 11.3 Å². The summed E-state index contributed by atoms with van der Waals surface area (Å²) in [6, 6.07) is 10.4. The summed E-state index contributed by atoms with van der Waals surface area (Å²) in [5.41, 5.74) is 4.22. The van der Waals surface area contributed by atoms with Crippen LogP contribution >= 0.6 is 22.7 Å². The summed E-state index contributed by atoms with van der Waals surface area (Å²) in [4.78, 5) is 21.7. The van der Waals surface area contributed by atoms with E-state index in [-0.39, 0.29) is 5.91 Å². The predicted molar refractivity (Wildman–Crippen MR) is 108 cm³/mol. The number of nitrogens with zero attached hydrogens (tertiary/aromatic N) is 3. The van der Waals surface area contributed by atoms with Crippen molar-refractivity contribution in [2.24, 2.45) is 0 Å². The summed E-state index contributed by atoms with van der Waals surface area (Å²) in [7, 11) is 0. The lowest BCUT2D eigenvalue weighted by molar-refractivity contribution is 0.0624. The molecule has 0 saturated carbocycles. The quantitative estimate of drug-likeness (QED) is 0.679. The van der Waals surface area contributed by atoms with Crippen LogP contribution in [0.2, 0.25) is 0 Å². The van der Waals surface area contributed by atoms with E-state index in [1.807, 2.05) is 10.3 Å². The molecule has 0 unspecified atom stereocenters. The molecule has 2 aromatic heterocycles. The van der Waals surface area contributed by atoms with E-state index in [1.165, 1.54) is 22.5 Å². The first kappa shape index (κ1) is 17.4. The Bertz CT molecular complexity index is 863. The molecule has 1 aliphatic heterocycles. The van der Waals surface area contributed by atoms with Gasteiger partial charge in [0.05, 0.1) is 0 Å². The summed E-state index contributed by atoms with van der Waals surface area (Å²) in [6.07, 6.45) is 0. The molecule has 0 aliphatic carbocycles. The lowest BCUT2D eigenvalue weighted by Gasteiger charge is -2.34. The standard InChI is InChI=1S/C20H21N3OS2/c1-15-2-4-17(5-3-15)19-21-18(14-26-19)20(24)23-9-7-22(8-10-23)12-16-6-11-25-13-16/h2-6,11,13-14H,7-10,12H2,1H3. The molecular weight excluding hydrogens is 362 g/mol. The van der Waals surface area contributed by atoms with Crippen LogP contribution in [0.25, 0.3) is 10.6 Å². The SMILES string of the molecule is Cc1ccc(-c2nc(C(=O)N3CCN(Cc4ccsc4)CC3)cs2)cc1. The maximum atomic E-state index is 12.8. The van der Waals surface area contributed by atoms with Crippen LogP contribution in [-0.4, -0.2) is 46.9 Å². The average Bonchev–Trinajstić information content (AvgIpc) is 3.34. The smallest absolute Gasteiger partial charge is 0.273 e. The lowest BCUT2D eigenvalue weighted by Crippen LogP contribution is -2.48. The van der Waals surface area contributed by atoms with Crippen molar-refractivity contribution in [3.63, 3.8) is 0 Å². The highest BCUT2D eigenvalue weighted by molar-refractivity contribution is 7.13. The highest BCUT2D eigenvalue weighted by atomic mass is 32.1. The summed E-state index contributed by atoms with van der Waals surface area (Å²) >= 11 is 3.27. The molecule has 1 saturated heterocycles. The minimum Gasteiger partial charge on any atom is -0.335 e. The summed E-state index contributed by atoms with van der Waals surface area (Å²) in [5.74, 6) is 0.0507. The predicted octanol–water partition coefficient (Wildman–Crippen LogP) is 4.14. The Balaban J connectivity index is 1.37. The zero-order valence-electron chi connectivity index (χ0n) is 14.7. The van der Waals surface area contributed by atoms with Crippen molar-refractivity contribution in [3.05, 3.63) is 63.3 Å². The Hall–Kier alpha value is -2.02. The van der Waals surface area contributed by atoms with Crippen LogP contribution in [0.1, 0.15) is 21.6 Å². The van der Waals surface area contributed by atoms with Gasteiger partial charge in [-0.25, -0.2) is 4.98 Å². The van der Waals surface area contributed by atoms with Crippen molar-refractivity contribution in [1.82, 2.24) is 14.8 Å². The van der Waals surface area contributed by atoms with Crippen molar-refractivity contribution in [3.8, 4) is 10.6 Å². The third kappa shape index (κ3) is 3.87. The zero-order valence-corrected chi connectivity index (χ0v) is 16.4. The molecule has 1 aromatic carbocycles. The molecule has 134 valence electrons. The van der Waals surface area contributed by atoms with E-state index in [2.05, 4.69) is 57.9 Å². The molecule has 1 aliphatic rings. The molecule has 0 radical (unpaired) electrons. The number of hydrogen-bond acceptors (Lipinski definition) is 5. The third-order valence-electron chi connectivity index (χ3n) is 4.67. The summed E-state index contributed by atoms with van der Waals surface area (Å²) < 4.78 is 0. The van der Waals surface area contributed by atoms with Gasteiger partial charge in [0.25, 0.3) is 5.91 Å². The van der Waals surface area contributed by atoms with Gasteiger partial charge >= 0.3 is 0 Å². The number of carbonyl (C=O) groups is 1. The van der Waals surface area contributed by atoms with Crippen LogP contribution < -0.4 is 0 Å². The van der Waals surface area contributed by atoms with Crippen molar-refractivity contribution in [2.75, 3.05) is 26.2 Å². The highest BCUT2D eigenvalue weighted by Crippen LogP contribution is 2.25. The van der Waals surface area contributed by atoms with Gasteiger partial charge in [-0.05, 0) is 29.3 Å². The molecule has 6 heteroatoms. The van der Waals surface area contributed by atoms with Crippen LogP contribution in [0.15, 0.2) is 46.5 Å². The van der Waals surface area contributed by atoms with Gasteiger partial charge in [0, 0.05) is 43.7 Å². The van der Waals surface area contributed by atoms with Gasteiger partial charge in [0.2, 0.25) is 0 Å². The Morgan fingerprint density at radius 1 is 1.08 bits per heavy atom. The number of rotatable bonds is 4. The number of thiophene rings is 1. The second-order valence-corrected chi connectivity index (χ2v) is 8.24. The zero-order chi connectivity index (χ0) is 17.9. The van der Waals surface area contributed by atoms with E-state index in [4.69, 9.17) is 0 Å². The van der Waals surface area contributed by atoms with Crippen molar-refractivity contribution < 1.29 is 4.79 Å². The molecule has 3 heterocycles. The fourth-order valence-corrected chi connectivity index (χ4v) is 4.57. The van der Waals surface area contributed by atoms with E-state index in [0.717, 1.165) is 43.3 Å². The van der Waals surface area contributed by atoms with Gasteiger partial charge in [-0.3, -0.25) is 9.69 Å². The van der Waals surface area contributed by atoms with Gasteiger partial charge in [-0.15, -0.1) is 11.3 Å². The van der Waals surface area contributed by atoms with Crippen LogP contribution in [-0.2, 0) is 6.54 Å². The van der Waals surface area contributed by atoms with Crippen LogP contribution in [0.3, 0.4) is 0 Å². The van der Waals surface area contributed by atoms with E-state index in [9.17, 15) is 4.79 Å². The van der Waals surface area contributed by atoms with Gasteiger partial charge < -0.3 is 4.90 Å². The molecule has 0 N–H and O–H groups in total. The van der Waals surface area contributed by atoms with Crippen LogP contribution in [0.4, 0.5) is 0 Å². The molecule has 4 nitrogen and oxygen atoms in total. The topological polar surface area (TPSA) is 36.4 Å². The van der Waals surface area contributed by atoms with Gasteiger partial charge in [0.1, 0.15) is 10.7 Å². The second-order valence-electron chi connectivity index (χ2n) is 6.60. The molecule has 0 atom stereocenters. The Kier molecular flexibility index (Phi) is 5.15. The summed E-state index contributed by atoms with van der Waals surface area (Å²) in [6.45, 7) is 6.40. The number of aryl methyl sites for hydroxylation is 1. The van der Waals surface area contributed by atoms with Gasteiger partial charge in [-0.2, -0.15) is 11.3 Å². The Morgan fingerprint density at radius 3 is 2.54 bits per heavy atom. The fraction of sp³-hybridized carbons (Fsp3) is 0.300. The number of hydrogen-bond donors (Lipinski definition) is 0. The van der Waals surface area contributed by atoms with Gasteiger partial charge in [0.15, 0.2) is 0 Å². The third-order valence-corrected chi connectivity index (χ3v) is 6.29. The first-order valence-corrected chi connectivity index (χ1v) is 10.6. The maximum Gasteiger partial charge on any atom is 0.273 e. The molecule has 1 fully saturated rings. The number of benzene rings is 1. The Labute approximate surface area is 161 Å². The average molecular weight is 384 g/mol. The van der Waals surface area contributed by atoms with E-state index < -0.39 is 0 Å². The fourth-order valence-electron chi connectivity index (χ4n) is 3.11. The van der Waals surface area contributed by atoms with Crippen molar-refractivity contribution >= 4 is 28.6 Å². The number of thiazole rings is 1. The van der Waals surface area contributed by atoms with E-state index >= 15 is 0 Å². The summed E-state index contributed by atoms with van der Waals surface area (Å²) in [5, 5.41) is 7.10. The number of amides is 1. The van der Waals surface area contributed by atoms with Crippen molar-refractivity contribution in [2.45, 2.75) is 13.5 Å². The molecule has 0 bridgehead atoms. The van der Waals surface area contributed by atoms with Crippen LogP contribution in [0, 0.1) is 6.92 Å². The van der Waals surface area contributed by atoms with Gasteiger partial charge in [-0.1, -0.05) is 29.8 Å². The minimum absolute atomic E-state index is 0.0507. The lowest BCUT2D eigenvalue weighted by atomic mass is 10.2. The van der Waals surface area contributed by atoms with Crippen molar-refractivity contribution in [1.29, 1.82) is 0 Å². The molecule has 3 aromatic rings. The number of carbonyl (C=O) groups excluding carboxylic acids is 1. The molecule has 26 heavy (non-hydrogen) atoms. The number of piperazine rings is 1. The molecule has 4 rings (SSSR count). The normalized spacial score (nSPS) is 15.3. The number of aromatic nitrogens is 1. The minimum atomic E-state index is 0.0507. The van der Waals surface area contributed by atoms with Crippen LogP contribution in [0.5, 0.6) is 0 Å². The monoisotopic (exact) mass is 383 g/mol. The Morgan fingerprint density at radius 2 is 1.85 bits per heavy atom. The second kappa shape index (κ2) is 7.70. The first-order chi connectivity index (χ1) is 12.7. The first-order valence-electron chi connectivity index (χ1n) is 8.74. The van der Waals surface area contributed by atoms with E-state index in [0.29, 0.717) is 5.69 Å². The highest BCUT2D eigenvalue weighted by Gasteiger charge is 2.24. The largest absolute Gasteiger partial charge is 0.335 e. The molecular formula is C20H21N3OS2. The molecule has 1 amide bonds.